The Morgan fingerprint density at radius 3 is 2.27 bits per heavy atom. The van der Waals surface area contributed by atoms with E-state index < -0.39 is 0 Å². The first-order chi connectivity index (χ1) is 12.7. The molecule has 0 radical (unpaired) electrons. The van der Waals surface area contributed by atoms with Crippen LogP contribution in [0.15, 0.2) is 0 Å². The second-order valence-corrected chi connectivity index (χ2v) is 8.87. The van der Waals surface area contributed by atoms with Crippen LogP contribution in [-0.2, 0) is 4.79 Å². The third-order valence-electron chi connectivity index (χ3n) is 7.04. The summed E-state index contributed by atoms with van der Waals surface area (Å²) >= 11 is 0. The summed E-state index contributed by atoms with van der Waals surface area (Å²) in [5.74, 6) is 2.80. The van der Waals surface area contributed by atoms with Crippen LogP contribution in [0.1, 0.15) is 96.8 Å². The fourth-order valence-corrected chi connectivity index (χ4v) is 5.23. The third-order valence-corrected chi connectivity index (χ3v) is 7.04. The number of carbonyl (C=O) groups is 1. The monoisotopic (exact) mass is 363 g/mol. The quantitative estimate of drug-likeness (QED) is 0.436. The number of nitriles is 1. The Hall–Kier alpha value is -0.910. The molecule has 0 bridgehead atoms. The standard InChI is InChI=1S/C23H38FNO/c1-2-3-6-23(26)21-13-11-20(12-14-21)22(17-25)16-19-9-7-18(8-10-19)5-4-15-24/h18-22H,2-16H2,1H3. The molecule has 3 heteroatoms. The molecule has 0 aromatic rings. The van der Waals surface area contributed by atoms with Crippen LogP contribution in [0.5, 0.6) is 0 Å². The Balaban J connectivity index is 1.71. The minimum Gasteiger partial charge on any atom is -0.299 e. The molecule has 1 unspecified atom stereocenters. The second-order valence-electron chi connectivity index (χ2n) is 8.87. The lowest BCUT2D eigenvalue weighted by Crippen LogP contribution is -2.27. The van der Waals surface area contributed by atoms with E-state index in [9.17, 15) is 14.4 Å². The van der Waals surface area contributed by atoms with Gasteiger partial charge >= 0.3 is 0 Å². The topological polar surface area (TPSA) is 40.9 Å². The van der Waals surface area contributed by atoms with Crippen LogP contribution in [0.2, 0.25) is 0 Å². The maximum atomic E-state index is 12.3. The largest absolute Gasteiger partial charge is 0.299 e. The third kappa shape index (κ3) is 6.67. The molecule has 2 aliphatic carbocycles. The van der Waals surface area contributed by atoms with Crippen LogP contribution >= 0.6 is 0 Å². The number of carbonyl (C=O) groups excluding carboxylic acids is 1. The predicted octanol–water partition coefficient (Wildman–Crippen LogP) is 6.64. The molecule has 2 nitrogen and oxygen atoms in total. The highest BCUT2D eigenvalue weighted by molar-refractivity contribution is 5.81. The SMILES string of the molecule is CCCCC(=O)C1CCC(C(C#N)CC2CCC(CCCF)CC2)CC1. The first-order valence-electron chi connectivity index (χ1n) is 11.2. The molecule has 0 amide bonds. The Kier molecular flexibility index (Phi) is 9.65. The zero-order valence-corrected chi connectivity index (χ0v) is 16.7. The fourth-order valence-electron chi connectivity index (χ4n) is 5.23. The molecule has 148 valence electrons. The van der Waals surface area contributed by atoms with Crippen LogP contribution in [0.25, 0.3) is 0 Å². The van der Waals surface area contributed by atoms with Gasteiger partial charge < -0.3 is 0 Å². The Bertz CT molecular complexity index is 442. The average Bonchev–Trinajstić information content (AvgIpc) is 2.69. The summed E-state index contributed by atoms with van der Waals surface area (Å²) in [5, 5.41) is 9.71. The Labute approximate surface area is 159 Å². The number of nitrogens with zero attached hydrogens (tertiary/aromatic N) is 1. The minimum absolute atomic E-state index is 0.175. The molecule has 0 aromatic heterocycles. The van der Waals surface area contributed by atoms with E-state index in [1.165, 1.54) is 25.7 Å². The first-order valence-corrected chi connectivity index (χ1v) is 11.2. The summed E-state index contributed by atoms with van der Waals surface area (Å²) in [6, 6.07) is 2.61. The van der Waals surface area contributed by atoms with Gasteiger partial charge in [0, 0.05) is 18.3 Å². The molecule has 0 heterocycles. The van der Waals surface area contributed by atoms with Crippen LogP contribution < -0.4 is 0 Å². The predicted molar refractivity (Wildman–Crippen MR) is 104 cm³/mol. The summed E-state index contributed by atoms with van der Waals surface area (Å²) in [6.07, 6.45) is 14.7. The van der Waals surface area contributed by atoms with Crippen molar-refractivity contribution in [1.29, 1.82) is 5.26 Å². The number of rotatable bonds is 10. The smallest absolute Gasteiger partial charge is 0.135 e. The van der Waals surface area contributed by atoms with Crippen molar-refractivity contribution in [2.45, 2.75) is 96.8 Å². The summed E-state index contributed by atoms with van der Waals surface area (Å²) in [6.45, 7) is 1.95. The number of alkyl halides is 1. The summed E-state index contributed by atoms with van der Waals surface area (Å²) < 4.78 is 12.3. The van der Waals surface area contributed by atoms with Gasteiger partial charge in [-0.1, -0.05) is 39.0 Å². The number of halogens is 1. The number of hydrogen-bond donors (Lipinski definition) is 0. The van der Waals surface area contributed by atoms with E-state index in [2.05, 4.69) is 13.0 Å². The van der Waals surface area contributed by atoms with E-state index in [4.69, 9.17) is 0 Å². The molecule has 26 heavy (non-hydrogen) atoms. The molecule has 1 atom stereocenters. The van der Waals surface area contributed by atoms with Gasteiger partial charge in [0.1, 0.15) is 5.78 Å². The second kappa shape index (κ2) is 11.7. The van der Waals surface area contributed by atoms with Gasteiger partial charge in [0.25, 0.3) is 0 Å². The number of Topliss-reactive ketones (excluding diaryl/α,β-unsaturated/α-hetero) is 1. The Morgan fingerprint density at radius 2 is 1.69 bits per heavy atom. The minimum atomic E-state index is -0.180. The first kappa shape index (κ1) is 21.4. The lowest BCUT2D eigenvalue weighted by molar-refractivity contribution is -0.124. The molecule has 0 aromatic carbocycles. The molecule has 2 fully saturated rings. The van der Waals surface area contributed by atoms with Crippen LogP contribution in [0, 0.1) is 40.9 Å². The van der Waals surface area contributed by atoms with Gasteiger partial charge in [-0.25, -0.2) is 0 Å². The molecular formula is C23H38FNO. The molecule has 2 aliphatic rings. The summed E-state index contributed by atoms with van der Waals surface area (Å²) in [5.41, 5.74) is 0. The lowest BCUT2D eigenvalue weighted by Gasteiger charge is -2.34. The van der Waals surface area contributed by atoms with Crippen molar-refractivity contribution in [3.63, 3.8) is 0 Å². The van der Waals surface area contributed by atoms with E-state index in [-0.39, 0.29) is 18.5 Å². The zero-order chi connectivity index (χ0) is 18.8. The highest BCUT2D eigenvalue weighted by Gasteiger charge is 2.32. The van der Waals surface area contributed by atoms with Crippen LogP contribution in [-0.4, -0.2) is 12.5 Å². The van der Waals surface area contributed by atoms with Gasteiger partial charge in [-0.2, -0.15) is 5.26 Å². The van der Waals surface area contributed by atoms with Crippen molar-refractivity contribution in [3.8, 4) is 6.07 Å². The van der Waals surface area contributed by atoms with Gasteiger partial charge in [0.05, 0.1) is 12.7 Å². The Morgan fingerprint density at radius 1 is 1.04 bits per heavy atom. The molecule has 0 N–H and O–H groups in total. The van der Waals surface area contributed by atoms with Crippen molar-refractivity contribution >= 4 is 5.78 Å². The summed E-state index contributed by atoms with van der Waals surface area (Å²) in [7, 11) is 0. The van der Waals surface area contributed by atoms with E-state index in [0.717, 1.165) is 64.2 Å². The molecule has 0 aliphatic heterocycles. The number of unbranched alkanes of at least 4 members (excludes halogenated alkanes) is 1. The molecule has 2 rings (SSSR count). The van der Waals surface area contributed by atoms with Crippen molar-refractivity contribution in [1.82, 2.24) is 0 Å². The number of ketones is 1. The molecular weight excluding hydrogens is 325 g/mol. The van der Waals surface area contributed by atoms with Crippen molar-refractivity contribution in [2.24, 2.45) is 29.6 Å². The zero-order valence-electron chi connectivity index (χ0n) is 16.7. The van der Waals surface area contributed by atoms with Gasteiger partial charge in [-0.05, 0) is 69.1 Å². The van der Waals surface area contributed by atoms with Crippen molar-refractivity contribution < 1.29 is 9.18 Å². The highest BCUT2D eigenvalue weighted by Crippen LogP contribution is 2.40. The maximum Gasteiger partial charge on any atom is 0.135 e. The van der Waals surface area contributed by atoms with E-state index in [1.807, 2.05) is 0 Å². The van der Waals surface area contributed by atoms with Gasteiger partial charge in [-0.3, -0.25) is 9.18 Å². The highest BCUT2D eigenvalue weighted by atomic mass is 19.1. The van der Waals surface area contributed by atoms with Gasteiger partial charge in [0.15, 0.2) is 0 Å². The normalized spacial score (nSPS) is 30.5. The lowest BCUT2D eigenvalue weighted by atomic mass is 9.70. The average molecular weight is 364 g/mol. The maximum absolute atomic E-state index is 12.3. The van der Waals surface area contributed by atoms with Gasteiger partial charge in [-0.15, -0.1) is 0 Å². The van der Waals surface area contributed by atoms with Crippen LogP contribution in [0.3, 0.4) is 0 Å². The van der Waals surface area contributed by atoms with Crippen LogP contribution in [0.4, 0.5) is 4.39 Å². The van der Waals surface area contributed by atoms with Crippen molar-refractivity contribution in [3.05, 3.63) is 0 Å². The van der Waals surface area contributed by atoms with E-state index in [0.29, 0.717) is 23.5 Å². The number of hydrogen-bond acceptors (Lipinski definition) is 2. The van der Waals surface area contributed by atoms with E-state index in [1.54, 1.807) is 0 Å². The van der Waals surface area contributed by atoms with Gasteiger partial charge in [0.2, 0.25) is 0 Å². The molecule has 0 spiro atoms. The van der Waals surface area contributed by atoms with E-state index >= 15 is 0 Å². The molecule has 0 saturated heterocycles. The summed E-state index contributed by atoms with van der Waals surface area (Å²) in [4.78, 5) is 12.2. The fraction of sp³-hybridized carbons (Fsp3) is 0.913. The van der Waals surface area contributed by atoms with Crippen molar-refractivity contribution in [2.75, 3.05) is 6.67 Å². The molecule has 2 saturated carbocycles.